The minimum atomic E-state index is -1.16. The van der Waals surface area contributed by atoms with Crippen LogP contribution < -0.4 is 0 Å². The lowest BCUT2D eigenvalue weighted by molar-refractivity contribution is 0.0699. The summed E-state index contributed by atoms with van der Waals surface area (Å²) in [5.41, 5.74) is 0.279. The molecule has 0 amide bonds. The maximum atomic E-state index is 13.7. The summed E-state index contributed by atoms with van der Waals surface area (Å²) in [6.07, 6.45) is 0. The first-order chi connectivity index (χ1) is 9.56. The van der Waals surface area contributed by atoms with Gasteiger partial charge in [-0.1, -0.05) is 6.07 Å². The molecule has 1 N–H and O–H groups in total. The number of benzene rings is 2. The minimum Gasteiger partial charge on any atom is -0.478 e. The molecule has 1 heterocycles. The molecule has 20 heavy (non-hydrogen) atoms. The molecule has 6 heteroatoms. The monoisotopic (exact) mass is 275 g/mol. The van der Waals surface area contributed by atoms with E-state index >= 15 is 0 Å². The van der Waals surface area contributed by atoms with Crippen molar-refractivity contribution in [2.75, 3.05) is 0 Å². The Kier molecular flexibility index (Phi) is 2.71. The van der Waals surface area contributed by atoms with Crippen LogP contribution in [-0.2, 0) is 0 Å². The first-order valence-corrected chi connectivity index (χ1v) is 5.64. The van der Waals surface area contributed by atoms with Gasteiger partial charge in [-0.2, -0.15) is 0 Å². The Labute approximate surface area is 111 Å². The highest BCUT2D eigenvalue weighted by Gasteiger charge is 2.17. The van der Waals surface area contributed by atoms with Crippen LogP contribution in [0.15, 0.2) is 40.8 Å². The van der Waals surface area contributed by atoms with Gasteiger partial charge in [0.25, 0.3) is 0 Å². The fourth-order valence-corrected chi connectivity index (χ4v) is 1.90. The summed E-state index contributed by atoms with van der Waals surface area (Å²) in [6, 6.07) is 7.38. The average Bonchev–Trinajstić information content (AvgIpc) is 2.81. The van der Waals surface area contributed by atoms with Crippen LogP contribution in [0, 0.1) is 11.6 Å². The molecule has 0 atom stereocenters. The second kappa shape index (κ2) is 4.41. The zero-order valence-corrected chi connectivity index (χ0v) is 9.93. The lowest BCUT2D eigenvalue weighted by Gasteiger charge is -1.97. The zero-order valence-electron chi connectivity index (χ0n) is 9.93. The molecule has 0 radical (unpaired) electrons. The molecule has 100 valence electrons. The lowest BCUT2D eigenvalue weighted by Crippen LogP contribution is -1.96. The van der Waals surface area contributed by atoms with E-state index in [1.165, 1.54) is 24.3 Å². The van der Waals surface area contributed by atoms with Crippen LogP contribution in [0.2, 0.25) is 0 Å². The summed E-state index contributed by atoms with van der Waals surface area (Å²) in [4.78, 5) is 15.1. The van der Waals surface area contributed by atoms with Crippen LogP contribution in [0.1, 0.15) is 10.4 Å². The smallest absolute Gasteiger partial charge is 0.338 e. The number of halogens is 2. The second-order valence-electron chi connectivity index (χ2n) is 4.10. The molecule has 1 aromatic heterocycles. The summed E-state index contributed by atoms with van der Waals surface area (Å²) in [5.74, 6) is -2.79. The van der Waals surface area contributed by atoms with Crippen LogP contribution in [0.5, 0.6) is 0 Å². The fraction of sp³-hybridized carbons (Fsp3) is 0. The van der Waals surface area contributed by atoms with E-state index in [0.717, 1.165) is 6.07 Å². The summed E-state index contributed by atoms with van der Waals surface area (Å²) in [7, 11) is 0. The van der Waals surface area contributed by atoms with Gasteiger partial charge in [0.05, 0.1) is 11.1 Å². The highest BCUT2D eigenvalue weighted by Crippen LogP contribution is 2.28. The SMILES string of the molecule is O=C(O)c1cccc2oc(-c3ccc(F)cc3F)nc12. The molecule has 0 aliphatic carbocycles. The van der Waals surface area contributed by atoms with Crippen LogP contribution >= 0.6 is 0 Å². The topological polar surface area (TPSA) is 63.3 Å². The number of para-hydroxylation sites is 1. The van der Waals surface area contributed by atoms with Crippen molar-refractivity contribution in [3.63, 3.8) is 0 Å². The largest absolute Gasteiger partial charge is 0.478 e. The molecule has 0 fully saturated rings. The van der Waals surface area contributed by atoms with Crippen LogP contribution in [0.4, 0.5) is 8.78 Å². The molecule has 0 aliphatic heterocycles. The number of oxazole rings is 1. The van der Waals surface area contributed by atoms with Crippen molar-refractivity contribution in [1.29, 1.82) is 0 Å². The van der Waals surface area contributed by atoms with E-state index in [2.05, 4.69) is 4.98 Å². The van der Waals surface area contributed by atoms with Gasteiger partial charge < -0.3 is 9.52 Å². The lowest BCUT2D eigenvalue weighted by atomic mass is 10.2. The van der Waals surface area contributed by atoms with Crippen LogP contribution in [0.3, 0.4) is 0 Å². The van der Waals surface area contributed by atoms with Gasteiger partial charge in [0.1, 0.15) is 17.2 Å². The highest BCUT2D eigenvalue weighted by atomic mass is 19.1. The van der Waals surface area contributed by atoms with Crippen molar-refractivity contribution < 1.29 is 23.1 Å². The maximum absolute atomic E-state index is 13.7. The number of hydrogen-bond acceptors (Lipinski definition) is 3. The number of carboxylic acids is 1. The highest BCUT2D eigenvalue weighted by molar-refractivity contribution is 6.00. The number of aromatic carboxylic acids is 1. The average molecular weight is 275 g/mol. The van der Waals surface area contributed by atoms with E-state index in [0.29, 0.717) is 6.07 Å². The number of carboxylic acid groups (broad SMARTS) is 1. The zero-order chi connectivity index (χ0) is 14.3. The Morgan fingerprint density at radius 3 is 2.70 bits per heavy atom. The summed E-state index contributed by atoms with van der Waals surface area (Å²) < 4.78 is 31.9. The number of carbonyl (C=O) groups is 1. The van der Waals surface area contributed by atoms with E-state index in [1.807, 2.05) is 0 Å². The molecule has 0 saturated carbocycles. The van der Waals surface area contributed by atoms with E-state index < -0.39 is 17.6 Å². The third kappa shape index (κ3) is 1.91. The standard InChI is InChI=1S/C14H7F2NO3/c15-7-4-5-8(10(16)6-7)13-17-12-9(14(18)19)2-1-3-11(12)20-13/h1-6H,(H,18,19). The number of aromatic nitrogens is 1. The summed E-state index contributed by atoms with van der Waals surface area (Å²) in [5, 5.41) is 9.05. The molecule has 0 aliphatic rings. The Morgan fingerprint density at radius 2 is 2.00 bits per heavy atom. The first-order valence-electron chi connectivity index (χ1n) is 5.64. The van der Waals surface area contributed by atoms with E-state index in [4.69, 9.17) is 9.52 Å². The first kappa shape index (κ1) is 12.3. The number of hydrogen-bond donors (Lipinski definition) is 1. The van der Waals surface area contributed by atoms with Gasteiger partial charge in [0.2, 0.25) is 5.89 Å². The fourth-order valence-electron chi connectivity index (χ4n) is 1.90. The molecule has 4 nitrogen and oxygen atoms in total. The van der Waals surface area contributed by atoms with Gasteiger partial charge in [-0.05, 0) is 24.3 Å². The van der Waals surface area contributed by atoms with Crippen molar-refractivity contribution in [2.45, 2.75) is 0 Å². The van der Waals surface area contributed by atoms with Crippen molar-refractivity contribution in [3.8, 4) is 11.5 Å². The van der Waals surface area contributed by atoms with Crippen LogP contribution in [-0.4, -0.2) is 16.1 Å². The van der Waals surface area contributed by atoms with Crippen molar-refractivity contribution in [1.82, 2.24) is 4.98 Å². The van der Waals surface area contributed by atoms with Crippen molar-refractivity contribution in [2.24, 2.45) is 0 Å². The Bertz CT molecular complexity index is 826. The minimum absolute atomic E-state index is 0.0288. The summed E-state index contributed by atoms with van der Waals surface area (Å²) in [6.45, 7) is 0. The normalized spacial score (nSPS) is 10.9. The molecule has 2 aromatic carbocycles. The molecule has 3 rings (SSSR count). The third-order valence-corrected chi connectivity index (χ3v) is 2.81. The van der Waals surface area contributed by atoms with Crippen molar-refractivity contribution >= 4 is 17.1 Å². The van der Waals surface area contributed by atoms with Gasteiger partial charge in [-0.3, -0.25) is 0 Å². The predicted octanol–water partition coefficient (Wildman–Crippen LogP) is 3.47. The number of nitrogens with zero attached hydrogens (tertiary/aromatic N) is 1. The quantitative estimate of drug-likeness (QED) is 0.777. The molecule has 0 bridgehead atoms. The second-order valence-corrected chi connectivity index (χ2v) is 4.10. The Balaban J connectivity index is 2.23. The summed E-state index contributed by atoms with van der Waals surface area (Å²) >= 11 is 0. The molecule has 0 saturated heterocycles. The third-order valence-electron chi connectivity index (χ3n) is 2.81. The van der Waals surface area contributed by atoms with Gasteiger partial charge in [-0.15, -0.1) is 0 Å². The van der Waals surface area contributed by atoms with Gasteiger partial charge in [0.15, 0.2) is 5.58 Å². The number of fused-ring (bicyclic) bond motifs is 1. The molecule has 3 aromatic rings. The van der Waals surface area contributed by atoms with Crippen molar-refractivity contribution in [3.05, 3.63) is 53.6 Å². The molecule has 0 unspecified atom stereocenters. The van der Waals surface area contributed by atoms with Gasteiger partial charge in [0, 0.05) is 6.07 Å². The number of rotatable bonds is 2. The van der Waals surface area contributed by atoms with Gasteiger partial charge in [-0.25, -0.2) is 18.6 Å². The predicted molar refractivity (Wildman–Crippen MR) is 66.3 cm³/mol. The van der Waals surface area contributed by atoms with Crippen LogP contribution in [0.25, 0.3) is 22.6 Å². The Morgan fingerprint density at radius 1 is 1.20 bits per heavy atom. The molecule has 0 spiro atoms. The molecular weight excluding hydrogens is 268 g/mol. The Hall–Kier alpha value is -2.76. The van der Waals surface area contributed by atoms with E-state index in [1.54, 1.807) is 0 Å². The molecular formula is C14H7F2NO3. The maximum Gasteiger partial charge on any atom is 0.338 e. The van der Waals surface area contributed by atoms with E-state index in [9.17, 15) is 13.6 Å². The van der Waals surface area contributed by atoms with Gasteiger partial charge >= 0.3 is 5.97 Å². The van der Waals surface area contributed by atoms with E-state index in [-0.39, 0.29) is 28.1 Å².